The molecule has 0 aliphatic heterocycles. The van der Waals surface area contributed by atoms with Gasteiger partial charge in [0.2, 0.25) is 0 Å². The van der Waals surface area contributed by atoms with Gasteiger partial charge in [0.05, 0.1) is 18.4 Å². The highest BCUT2D eigenvalue weighted by molar-refractivity contribution is 7.99. The lowest BCUT2D eigenvalue weighted by Gasteiger charge is -2.34. The monoisotopic (exact) mass is 347 g/mol. The van der Waals surface area contributed by atoms with Crippen LogP contribution >= 0.6 is 11.8 Å². The van der Waals surface area contributed by atoms with Crippen molar-refractivity contribution in [2.24, 2.45) is 5.92 Å². The highest BCUT2D eigenvalue weighted by Gasteiger charge is 2.34. The molecule has 2 fully saturated rings. The number of aromatic nitrogens is 3. The summed E-state index contributed by atoms with van der Waals surface area (Å²) in [6, 6.07) is 3.90. The third-order valence-electron chi connectivity index (χ3n) is 5.26. The van der Waals surface area contributed by atoms with Crippen LogP contribution in [-0.4, -0.2) is 31.2 Å². The number of furan rings is 1. The van der Waals surface area contributed by atoms with Crippen molar-refractivity contribution in [3.05, 3.63) is 30.0 Å². The first-order chi connectivity index (χ1) is 11.6. The molecule has 4 rings (SSSR count). The maximum absolute atomic E-state index is 10.8. The van der Waals surface area contributed by atoms with Gasteiger partial charge in [-0.2, -0.15) is 0 Å². The molecular weight excluding hydrogens is 322 g/mol. The van der Waals surface area contributed by atoms with E-state index in [0.29, 0.717) is 18.2 Å². The van der Waals surface area contributed by atoms with Gasteiger partial charge in [-0.25, -0.2) is 0 Å². The van der Waals surface area contributed by atoms with E-state index in [1.807, 2.05) is 12.1 Å². The van der Waals surface area contributed by atoms with Crippen molar-refractivity contribution in [1.29, 1.82) is 0 Å². The van der Waals surface area contributed by atoms with E-state index in [-0.39, 0.29) is 0 Å². The molecule has 0 saturated heterocycles. The lowest BCUT2D eigenvalue weighted by molar-refractivity contribution is 0.0149. The molecule has 0 aromatic carbocycles. The van der Waals surface area contributed by atoms with E-state index in [0.717, 1.165) is 48.3 Å². The fourth-order valence-corrected chi connectivity index (χ4v) is 4.50. The van der Waals surface area contributed by atoms with Crippen molar-refractivity contribution in [2.45, 2.75) is 68.7 Å². The Kier molecular flexibility index (Phi) is 4.43. The Morgan fingerprint density at radius 3 is 2.75 bits per heavy atom. The molecule has 2 aliphatic carbocycles. The maximum atomic E-state index is 10.8. The Hall–Kier alpha value is -1.27. The maximum Gasteiger partial charge on any atom is 0.191 e. The minimum Gasteiger partial charge on any atom is -0.467 e. The predicted molar refractivity (Wildman–Crippen MR) is 93.1 cm³/mol. The molecule has 2 heterocycles. The van der Waals surface area contributed by atoms with Crippen LogP contribution in [0.15, 0.2) is 28.0 Å². The second-order valence-corrected chi connectivity index (χ2v) is 8.42. The van der Waals surface area contributed by atoms with Crippen LogP contribution in [0.25, 0.3) is 0 Å². The van der Waals surface area contributed by atoms with Crippen LogP contribution in [0, 0.1) is 5.92 Å². The van der Waals surface area contributed by atoms with Crippen LogP contribution in [0.5, 0.6) is 0 Å². The number of nitrogens with zero attached hydrogens (tertiary/aromatic N) is 3. The van der Waals surface area contributed by atoms with Crippen molar-refractivity contribution in [2.75, 3.05) is 5.75 Å². The second kappa shape index (κ2) is 6.56. The molecule has 0 radical (unpaired) electrons. The summed E-state index contributed by atoms with van der Waals surface area (Å²) in [7, 11) is 0. The van der Waals surface area contributed by atoms with Crippen molar-refractivity contribution in [1.82, 2.24) is 14.8 Å². The van der Waals surface area contributed by atoms with E-state index in [9.17, 15) is 5.11 Å². The minimum atomic E-state index is -0.557. The molecule has 2 saturated carbocycles. The van der Waals surface area contributed by atoms with E-state index >= 15 is 0 Å². The van der Waals surface area contributed by atoms with Gasteiger partial charge in [-0.05, 0) is 56.6 Å². The van der Waals surface area contributed by atoms with Gasteiger partial charge in [0.1, 0.15) is 11.6 Å². The SMILES string of the molecule is CC1CCC(O)(CSc2nnc(C3CC3)n2Cc2ccco2)CC1. The first kappa shape index (κ1) is 16.2. The molecule has 0 amide bonds. The Bertz CT molecular complexity index is 671. The van der Waals surface area contributed by atoms with Gasteiger partial charge in [-0.3, -0.25) is 4.57 Å². The molecule has 0 spiro atoms. The van der Waals surface area contributed by atoms with E-state index < -0.39 is 5.60 Å². The minimum absolute atomic E-state index is 0.542. The summed E-state index contributed by atoms with van der Waals surface area (Å²) in [6.07, 6.45) is 8.11. The fourth-order valence-electron chi connectivity index (χ4n) is 3.40. The average molecular weight is 347 g/mol. The summed E-state index contributed by atoms with van der Waals surface area (Å²) in [5, 5.41) is 20.6. The zero-order valence-electron chi connectivity index (χ0n) is 14.1. The van der Waals surface area contributed by atoms with Gasteiger partial charge >= 0.3 is 0 Å². The Morgan fingerprint density at radius 1 is 1.29 bits per heavy atom. The number of rotatable bonds is 6. The summed E-state index contributed by atoms with van der Waals surface area (Å²) in [4.78, 5) is 0. The van der Waals surface area contributed by atoms with E-state index in [2.05, 4.69) is 21.7 Å². The third kappa shape index (κ3) is 3.54. The van der Waals surface area contributed by atoms with Gasteiger partial charge < -0.3 is 9.52 Å². The first-order valence-electron chi connectivity index (χ1n) is 8.94. The first-order valence-corrected chi connectivity index (χ1v) is 9.92. The standard InChI is InChI=1S/C18H25N3O2S/c1-13-6-8-18(22,9-7-13)12-24-17-20-19-16(14-4-5-14)21(17)11-15-3-2-10-23-15/h2-3,10,13-14,22H,4-9,11-12H2,1H3. The lowest BCUT2D eigenvalue weighted by Crippen LogP contribution is -2.36. The quantitative estimate of drug-likeness (QED) is 0.805. The molecule has 24 heavy (non-hydrogen) atoms. The normalized spacial score (nSPS) is 27.5. The van der Waals surface area contributed by atoms with Gasteiger partial charge in [0, 0.05) is 11.7 Å². The van der Waals surface area contributed by atoms with Crippen LogP contribution in [0.4, 0.5) is 0 Å². The van der Waals surface area contributed by atoms with E-state index in [4.69, 9.17) is 4.42 Å². The van der Waals surface area contributed by atoms with E-state index in [1.54, 1.807) is 18.0 Å². The molecule has 2 aromatic heterocycles. The Morgan fingerprint density at radius 2 is 2.08 bits per heavy atom. The van der Waals surface area contributed by atoms with Gasteiger partial charge in [0.25, 0.3) is 0 Å². The van der Waals surface area contributed by atoms with Crippen molar-refractivity contribution in [3.8, 4) is 0 Å². The number of aliphatic hydroxyl groups is 1. The molecule has 2 aliphatic rings. The Labute approximate surface area is 146 Å². The average Bonchev–Trinajstić information content (AvgIpc) is 3.14. The molecule has 6 heteroatoms. The summed E-state index contributed by atoms with van der Waals surface area (Å²) in [5.41, 5.74) is -0.557. The molecule has 5 nitrogen and oxygen atoms in total. The molecule has 0 atom stereocenters. The highest BCUT2D eigenvalue weighted by atomic mass is 32.2. The lowest BCUT2D eigenvalue weighted by atomic mass is 9.81. The number of thioether (sulfide) groups is 1. The van der Waals surface area contributed by atoms with E-state index in [1.165, 1.54) is 12.8 Å². The van der Waals surface area contributed by atoms with Gasteiger partial charge in [0.15, 0.2) is 5.16 Å². The van der Waals surface area contributed by atoms with Crippen molar-refractivity contribution < 1.29 is 9.52 Å². The van der Waals surface area contributed by atoms with Crippen LogP contribution in [0.3, 0.4) is 0 Å². The molecular formula is C18H25N3O2S. The van der Waals surface area contributed by atoms with Crippen molar-refractivity contribution >= 4 is 11.8 Å². The topological polar surface area (TPSA) is 64.1 Å². The summed E-state index contributed by atoms with van der Waals surface area (Å²) in [6.45, 7) is 2.94. The van der Waals surface area contributed by atoms with Crippen LogP contribution < -0.4 is 0 Å². The van der Waals surface area contributed by atoms with Crippen LogP contribution in [0.1, 0.15) is 63.0 Å². The zero-order chi connectivity index (χ0) is 16.6. The Balaban J connectivity index is 1.48. The highest BCUT2D eigenvalue weighted by Crippen LogP contribution is 2.41. The third-order valence-corrected chi connectivity index (χ3v) is 6.50. The fraction of sp³-hybridized carbons (Fsp3) is 0.667. The molecule has 130 valence electrons. The van der Waals surface area contributed by atoms with Crippen LogP contribution in [0.2, 0.25) is 0 Å². The molecule has 1 N–H and O–H groups in total. The predicted octanol–water partition coefficient (Wildman–Crippen LogP) is 3.83. The largest absolute Gasteiger partial charge is 0.467 e. The summed E-state index contributed by atoms with van der Waals surface area (Å²) >= 11 is 1.64. The van der Waals surface area contributed by atoms with Gasteiger partial charge in [-0.15, -0.1) is 10.2 Å². The molecule has 2 aromatic rings. The molecule has 0 unspecified atom stereocenters. The number of hydrogen-bond donors (Lipinski definition) is 1. The van der Waals surface area contributed by atoms with Crippen LogP contribution in [-0.2, 0) is 6.54 Å². The number of hydrogen-bond acceptors (Lipinski definition) is 5. The second-order valence-electron chi connectivity index (χ2n) is 7.48. The molecule has 0 bridgehead atoms. The summed E-state index contributed by atoms with van der Waals surface area (Å²) < 4.78 is 7.68. The zero-order valence-corrected chi connectivity index (χ0v) is 15.0. The smallest absolute Gasteiger partial charge is 0.191 e. The van der Waals surface area contributed by atoms with Crippen molar-refractivity contribution in [3.63, 3.8) is 0 Å². The van der Waals surface area contributed by atoms with Gasteiger partial charge in [-0.1, -0.05) is 18.7 Å². The summed E-state index contributed by atoms with van der Waals surface area (Å²) in [5.74, 6) is 3.96.